The van der Waals surface area contributed by atoms with Crippen LogP contribution in [0.15, 0.2) is 0 Å². The second-order valence-corrected chi connectivity index (χ2v) is 15.2. The van der Waals surface area contributed by atoms with Crippen molar-refractivity contribution in [1.29, 1.82) is 0 Å². The van der Waals surface area contributed by atoms with Gasteiger partial charge in [0, 0.05) is 26.9 Å². The number of alkyl carbamates (subject to hydrolysis) is 1. The van der Waals surface area contributed by atoms with E-state index in [0.29, 0.717) is 25.7 Å². The van der Waals surface area contributed by atoms with Crippen molar-refractivity contribution in [3.05, 3.63) is 0 Å². The molecule has 1 amide bonds. The van der Waals surface area contributed by atoms with E-state index in [9.17, 15) is 4.79 Å². The quantitative estimate of drug-likeness (QED) is 0.0632. The first-order valence-electron chi connectivity index (χ1n) is 21.0. The van der Waals surface area contributed by atoms with Gasteiger partial charge in [-0.05, 0) is 39.0 Å². The molecule has 1 atom stereocenters. The highest BCUT2D eigenvalue weighted by Gasteiger charge is 2.14. The maximum absolute atomic E-state index is 12.1. The number of rotatable bonds is 36. The normalized spacial score (nSPS) is 12.2. The smallest absolute Gasteiger partial charge is 0.407 e. The molecular formula is C42H87NO6. The Bertz CT molecular complexity index is 639. The number of aliphatic hydroxyl groups excluding tert-OH is 1. The number of hydrogen-bond donors (Lipinski definition) is 2. The van der Waals surface area contributed by atoms with E-state index in [-0.39, 0.29) is 31.0 Å². The zero-order valence-electron chi connectivity index (χ0n) is 34.1. The lowest BCUT2D eigenvalue weighted by atomic mass is 10.1. The van der Waals surface area contributed by atoms with Crippen molar-refractivity contribution in [1.82, 2.24) is 5.32 Å². The maximum atomic E-state index is 12.1. The summed E-state index contributed by atoms with van der Waals surface area (Å²) in [6.07, 6.45) is 32.6. The summed E-state index contributed by atoms with van der Waals surface area (Å²) in [5, 5.41) is 11.3. The van der Waals surface area contributed by atoms with Gasteiger partial charge in [-0.1, -0.05) is 169 Å². The Morgan fingerprint density at radius 2 is 1.04 bits per heavy atom. The molecule has 0 aliphatic rings. The zero-order valence-corrected chi connectivity index (χ0v) is 34.1. The van der Waals surface area contributed by atoms with Gasteiger partial charge in [0.05, 0.1) is 18.8 Å². The Kier molecular flexibility index (Phi) is 40.9. The molecule has 7 heteroatoms. The van der Waals surface area contributed by atoms with E-state index in [1.54, 1.807) is 7.11 Å². The number of hydrogen-bond acceptors (Lipinski definition) is 6. The summed E-state index contributed by atoms with van der Waals surface area (Å²) >= 11 is 0. The van der Waals surface area contributed by atoms with E-state index < -0.39 is 0 Å². The predicted molar refractivity (Wildman–Crippen MR) is 210 cm³/mol. The minimum Gasteiger partial charge on any atom is -0.447 e. The summed E-state index contributed by atoms with van der Waals surface area (Å²) in [7, 11) is 1.58. The molecule has 0 aliphatic carbocycles. The van der Waals surface area contributed by atoms with Crippen LogP contribution in [0, 0.1) is 5.92 Å². The first kappa shape index (κ1) is 50.2. The van der Waals surface area contributed by atoms with Crippen LogP contribution in [0.25, 0.3) is 0 Å². The van der Waals surface area contributed by atoms with E-state index in [0.717, 1.165) is 25.9 Å². The van der Waals surface area contributed by atoms with Crippen molar-refractivity contribution in [3.63, 3.8) is 0 Å². The Morgan fingerprint density at radius 1 is 0.633 bits per heavy atom. The fraction of sp³-hybridized carbons (Fsp3) is 0.976. The number of unbranched alkanes of at least 4 members (excludes halogenated alkanes) is 22. The molecule has 0 radical (unpaired) electrons. The van der Waals surface area contributed by atoms with Crippen LogP contribution in [-0.4, -0.2) is 69.6 Å². The van der Waals surface area contributed by atoms with E-state index in [4.69, 9.17) is 24.1 Å². The Hall–Kier alpha value is -0.890. The summed E-state index contributed by atoms with van der Waals surface area (Å²) < 4.78 is 22.4. The molecule has 0 saturated carbocycles. The van der Waals surface area contributed by atoms with Gasteiger partial charge in [0.1, 0.15) is 12.7 Å². The van der Waals surface area contributed by atoms with Crippen molar-refractivity contribution in [2.45, 2.75) is 214 Å². The minimum absolute atomic E-state index is 0.0729. The van der Waals surface area contributed by atoms with E-state index in [1.165, 1.54) is 141 Å². The van der Waals surface area contributed by atoms with Gasteiger partial charge in [-0.3, -0.25) is 0 Å². The molecule has 296 valence electrons. The molecule has 7 nitrogen and oxygen atoms in total. The molecule has 0 heterocycles. The minimum atomic E-state index is -0.361. The van der Waals surface area contributed by atoms with Gasteiger partial charge < -0.3 is 29.4 Å². The van der Waals surface area contributed by atoms with Crippen LogP contribution < -0.4 is 5.32 Å². The summed E-state index contributed by atoms with van der Waals surface area (Å²) in [6, 6.07) is 0. The van der Waals surface area contributed by atoms with Gasteiger partial charge >= 0.3 is 6.09 Å². The molecule has 49 heavy (non-hydrogen) atoms. The highest BCUT2D eigenvalue weighted by molar-refractivity contribution is 5.67. The standard InChI is InChI=1S/C37H75NO4.C5H12O2/c1-5-7-9-11-13-15-17-19-21-23-25-27-31-40-33-36(34-42-37(39)38-30-29-35(3)4)41-32-28-26-24-22-20-18-16-14-12-10-8-6-2;1-5(2,4-6)7-3/h35-36H,5-34H2,1-4H3,(H,38,39);6H,4H2,1-3H3. The molecule has 0 aliphatic heterocycles. The SMILES string of the molecule is CCCCCCCCCCCCCCOCC(COC(=O)NCCC(C)C)OCCCCCCCCCCCCCC.COC(C)(C)CO. The van der Waals surface area contributed by atoms with Crippen molar-refractivity contribution in [2.75, 3.05) is 46.7 Å². The van der Waals surface area contributed by atoms with Gasteiger partial charge in [0.15, 0.2) is 0 Å². The van der Waals surface area contributed by atoms with Crippen LogP contribution >= 0.6 is 0 Å². The lowest BCUT2D eigenvalue weighted by Crippen LogP contribution is -2.32. The number of carbonyl (C=O) groups excluding carboxylic acids is 1. The van der Waals surface area contributed by atoms with Crippen LogP contribution in [0.2, 0.25) is 0 Å². The summed E-state index contributed by atoms with van der Waals surface area (Å²) in [5.41, 5.74) is -0.361. The highest BCUT2D eigenvalue weighted by atomic mass is 16.6. The predicted octanol–water partition coefficient (Wildman–Crippen LogP) is 12.0. The van der Waals surface area contributed by atoms with Gasteiger partial charge in [-0.2, -0.15) is 0 Å². The highest BCUT2D eigenvalue weighted by Crippen LogP contribution is 2.14. The zero-order chi connectivity index (χ0) is 36.7. The second-order valence-electron chi connectivity index (χ2n) is 15.2. The average molecular weight is 702 g/mol. The monoisotopic (exact) mass is 702 g/mol. The van der Waals surface area contributed by atoms with Crippen molar-refractivity contribution < 1.29 is 28.8 Å². The van der Waals surface area contributed by atoms with E-state index >= 15 is 0 Å². The molecule has 0 bridgehead atoms. The summed E-state index contributed by atoms with van der Waals surface area (Å²) in [4.78, 5) is 12.1. The lowest BCUT2D eigenvalue weighted by molar-refractivity contribution is -0.0468. The first-order chi connectivity index (χ1) is 23.7. The molecule has 0 aromatic rings. The van der Waals surface area contributed by atoms with Crippen LogP contribution in [0.4, 0.5) is 4.79 Å². The first-order valence-corrected chi connectivity index (χ1v) is 21.0. The Labute approximate surface area is 306 Å². The average Bonchev–Trinajstić information content (AvgIpc) is 3.09. The topological polar surface area (TPSA) is 86.3 Å². The molecular weight excluding hydrogens is 614 g/mol. The Balaban J connectivity index is 0. The second kappa shape index (κ2) is 39.9. The van der Waals surface area contributed by atoms with Crippen LogP contribution in [0.3, 0.4) is 0 Å². The van der Waals surface area contributed by atoms with Gasteiger partial charge in [-0.25, -0.2) is 4.79 Å². The van der Waals surface area contributed by atoms with Crippen molar-refractivity contribution >= 4 is 6.09 Å². The van der Waals surface area contributed by atoms with Crippen LogP contribution in [-0.2, 0) is 18.9 Å². The number of nitrogens with one attached hydrogen (secondary N) is 1. The molecule has 0 spiro atoms. The fourth-order valence-electron chi connectivity index (χ4n) is 5.34. The van der Waals surface area contributed by atoms with Crippen molar-refractivity contribution in [2.24, 2.45) is 5.92 Å². The fourth-order valence-corrected chi connectivity index (χ4v) is 5.34. The number of ether oxygens (including phenoxy) is 4. The molecule has 0 aromatic carbocycles. The largest absolute Gasteiger partial charge is 0.447 e. The maximum Gasteiger partial charge on any atom is 0.407 e. The molecule has 0 rings (SSSR count). The van der Waals surface area contributed by atoms with Crippen molar-refractivity contribution in [3.8, 4) is 0 Å². The van der Waals surface area contributed by atoms with Gasteiger partial charge in [0.25, 0.3) is 0 Å². The third-order valence-corrected chi connectivity index (χ3v) is 9.12. The molecule has 0 fully saturated rings. The number of carbonyl (C=O) groups is 1. The molecule has 1 unspecified atom stereocenters. The van der Waals surface area contributed by atoms with E-state index in [2.05, 4.69) is 33.0 Å². The molecule has 2 N–H and O–H groups in total. The lowest BCUT2D eigenvalue weighted by Gasteiger charge is -2.18. The summed E-state index contributed by atoms with van der Waals surface area (Å²) in [6.45, 7) is 15.5. The van der Waals surface area contributed by atoms with Crippen LogP contribution in [0.5, 0.6) is 0 Å². The third kappa shape index (κ3) is 43.2. The number of methoxy groups -OCH3 is 1. The third-order valence-electron chi connectivity index (χ3n) is 9.12. The molecule has 0 aromatic heterocycles. The number of amides is 1. The summed E-state index contributed by atoms with van der Waals surface area (Å²) in [5.74, 6) is 0.561. The van der Waals surface area contributed by atoms with E-state index in [1.807, 2.05) is 13.8 Å². The van der Waals surface area contributed by atoms with Gasteiger partial charge in [0.2, 0.25) is 0 Å². The van der Waals surface area contributed by atoms with Crippen LogP contribution in [0.1, 0.15) is 202 Å². The van der Waals surface area contributed by atoms with Gasteiger partial charge in [-0.15, -0.1) is 0 Å². The number of aliphatic hydroxyl groups is 1. The Morgan fingerprint density at radius 3 is 1.41 bits per heavy atom. The molecule has 0 saturated heterocycles.